The summed E-state index contributed by atoms with van der Waals surface area (Å²) < 4.78 is 0. The van der Waals surface area contributed by atoms with Gasteiger partial charge in [-0.05, 0) is 56.0 Å². The molecular weight excluding hydrogens is 324 g/mol. The largest absolute Gasteiger partial charge is 0.325 e. The Morgan fingerprint density at radius 1 is 1.12 bits per heavy atom. The lowest BCUT2D eigenvalue weighted by atomic mass is 10.0. The first-order valence-corrected chi connectivity index (χ1v) is 9.17. The summed E-state index contributed by atoms with van der Waals surface area (Å²) in [5.74, 6) is -0.402. The van der Waals surface area contributed by atoms with Gasteiger partial charge >= 0.3 is 0 Å². The molecule has 1 unspecified atom stereocenters. The van der Waals surface area contributed by atoms with E-state index in [-0.39, 0.29) is 24.2 Å². The number of benzene rings is 2. The van der Waals surface area contributed by atoms with E-state index >= 15 is 0 Å². The van der Waals surface area contributed by atoms with Gasteiger partial charge in [0.05, 0.1) is 5.92 Å². The van der Waals surface area contributed by atoms with E-state index in [9.17, 15) is 9.59 Å². The van der Waals surface area contributed by atoms with Gasteiger partial charge in [-0.15, -0.1) is 0 Å². The first-order chi connectivity index (χ1) is 12.4. The third-order valence-corrected chi connectivity index (χ3v) is 5.08. The standard InChI is InChI=1S/C22H26N2O2/c1-5-17-6-8-19(9-7-17)24-13-18(12-20(24)25)22(26)23-21-15(3)10-14(2)11-16(21)4/h6-11,18H,5,12-13H2,1-4H3,(H,23,26). The average molecular weight is 350 g/mol. The molecule has 0 radical (unpaired) electrons. The van der Waals surface area contributed by atoms with Crippen LogP contribution in [-0.2, 0) is 16.0 Å². The molecule has 136 valence electrons. The minimum absolute atomic E-state index is 0.00625. The fourth-order valence-corrected chi connectivity index (χ4v) is 3.65. The van der Waals surface area contributed by atoms with Crippen LogP contribution in [0.2, 0.25) is 0 Å². The molecule has 1 aliphatic heterocycles. The normalized spacial score (nSPS) is 16.8. The van der Waals surface area contributed by atoms with Crippen molar-refractivity contribution >= 4 is 23.2 Å². The third-order valence-electron chi connectivity index (χ3n) is 5.08. The Balaban J connectivity index is 1.73. The molecule has 0 bridgehead atoms. The van der Waals surface area contributed by atoms with E-state index in [0.717, 1.165) is 28.9 Å². The maximum Gasteiger partial charge on any atom is 0.229 e. The molecule has 1 saturated heterocycles. The quantitative estimate of drug-likeness (QED) is 0.900. The van der Waals surface area contributed by atoms with Gasteiger partial charge in [0.1, 0.15) is 0 Å². The van der Waals surface area contributed by atoms with Gasteiger partial charge in [0.2, 0.25) is 11.8 Å². The van der Waals surface area contributed by atoms with Crippen molar-refractivity contribution in [2.24, 2.45) is 5.92 Å². The molecule has 4 heteroatoms. The van der Waals surface area contributed by atoms with E-state index in [1.54, 1.807) is 4.90 Å². The number of anilines is 2. The Morgan fingerprint density at radius 3 is 2.31 bits per heavy atom. The second-order valence-electron chi connectivity index (χ2n) is 7.19. The van der Waals surface area contributed by atoms with Gasteiger partial charge in [0.15, 0.2) is 0 Å². The molecule has 2 amide bonds. The van der Waals surface area contributed by atoms with Crippen LogP contribution in [0.3, 0.4) is 0 Å². The van der Waals surface area contributed by atoms with Crippen molar-refractivity contribution in [3.63, 3.8) is 0 Å². The zero-order valence-electron chi connectivity index (χ0n) is 15.9. The van der Waals surface area contributed by atoms with Crippen molar-refractivity contribution in [3.8, 4) is 0 Å². The Kier molecular flexibility index (Phi) is 5.12. The van der Waals surface area contributed by atoms with Gasteiger partial charge in [-0.25, -0.2) is 0 Å². The molecule has 1 fully saturated rings. The number of rotatable bonds is 4. The van der Waals surface area contributed by atoms with Crippen molar-refractivity contribution in [2.75, 3.05) is 16.8 Å². The Bertz CT molecular complexity index is 817. The van der Waals surface area contributed by atoms with Crippen LogP contribution in [-0.4, -0.2) is 18.4 Å². The van der Waals surface area contributed by atoms with Crippen LogP contribution in [0.15, 0.2) is 36.4 Å². The molecule has 0 spiro atoms. The van der Waals surface area contributed by atoms with Gasteiger partial charge in [0, 0.05) is 24.3 Å². The molecule has 1 N–H and O–H groups in total. The fourth-order valence-electron chi connectivity index (χ4n) is 3.65. The van der Waals surface area contributed by atoms with Gasteiger partial charge in [-0.2, -0.15) is 0 Å². The van der Waals surface area contributed by atoms with Gasteiger partial charge in [0.25, 0.3) is 0 Å². The monoisotopic (exact) mass is 350 g/mol. The van der Waals surface area contributed by atoms with E-state index < -0.39 is 0 Å². The number of aryl methyl sites for hydroxylation is 4. The zero-order chi connectivity index (χ0) is 18.8. The molecule has 1 atom stereocenters. The van der Waals surface area contributed by atoms with Crippen LogP contribution in [0.1, 0.15) is 35.6 Å². The van der Waals surface area contributed by atoms with Crippen molar-refractivity contribution in [2.45, 2.75) is 40.5 Å². The number of carbonyl (C=O) groups is 2. The smallest absolute Gasteiger partial charge is 0.229 e. The Morgan fingerprint density at radius 2 is 1.73 bits per heavy atom. The number of nitrogens with one attached hydrogen (secondary N) is 1. The van der Waals surface area contributed by atoms with Crippen molar-refractivity contribution in [1.82, 2.24) is 0 Å². The van der Waals surface area contributed by atoms with Crippen LogP contribution in [0.4, 0.5) is 11.4 Å². The minimum Gasteiger partial charge on any atom is -0.325 e. The molecule has 26 heavy (non-hydrogen) atoms. The summed E-state index contributed by atoms with van der Waals surface area (Å²) >= 11 is 0. The summed E-state index contributed by atoms with van der Waals surface area (Å²) in [4.78, 5) is 26.9. The van der Waals surface area contributed by atoms with E-state index in [4.69, 9.17) is 0 Å². The molecular formula is C22H26N2O2. The van der Waals surface area contributed by atoms with E-state index in [0.29, 0.717) is 6.54 Å². The molecule has 0 saturated carbocycles. The average Bonchev–Trinajstić information content (AvgIpc) is 3.00. The van der Waals surface area contributed by atoms with E-state index in [1.807, 2.05) is 45.0 Å². The summed E-state index contributed by atoms with van der Waals surface area (Å²) in [5, 5.41) is 3.04. The predicted molar refractivity (Wildman–Crippen MR) is 106 cm³/mol. The molecule has 2 aromatic carbocycles. The number of hydrogen-bond acceptors (Lipinski definition) is 2. The molecule has 3 rings (SSSR count). The lowest BCUT2D eigenvalue weighted by Gasteiger charge is -2.18. The van der Waals surface area contributed by atoms with Crippen molar-refractivity contribution < 1.29 is 9.59 Å². The number of carbonyl (C=O) groups excluding carboxylic acids is 2. The zero-order valence-corrected chi connectivity index (χ0v) is 15.9. The van der Waals surface area contributed by atoms with Crippen LogP contribution in [0, 0.1) is 26.7 Å². The fraction of sp³-hybridized carbons (Fsp3) is 0.364. The number of nitrogens with zero attached hydrogens (tertiary/aromatic N) is 1. The Labute approximate surface area is 155 Å². The number of hydrogen-bond donors (Lipinski definition) is 1. The first-order valence-electron chi connectivity index (χ1n) is 9.17. The molecule has 1 heterocycles. The maximum atomic E-state index is 12.7. The summed E-state index contributed by atoms with van der Waals surface area (Å²) in [7, 11) is 0. The highest BCUT2D eigenvalue weighted by Crippen LogP contribution is 2.28. The van der Waals surface area contributed by atoms with Gasteiger partial charge in [-0.1, -0.05) is 36.8 Å². The third kappa shape index (κ3) is 3.64. The first kappa shape index (κ1) is 18.2. The minimum atomic E-state index is -0.326. The second kappa shape index (κ2) is 7.32. The van der Waals surface area contributed by atoms with Crippen molar-refractivity contribution in [3.05, 3.63) is 58.7 Å². The van der Waals surface area contributed by atoms with Crippen LogP contribution >= 0.6 is 0 Å². The lowest BCUT2D eigenvalue weighted by Crippen LogP contribution is -2.28. The lowest BCUT2D eigenvalue weighted by molar-refractivity contribution is -0.122. The highest BCUT2D eigenvalue weighted by Gasteiger charge is 2.35. The van der Waals surface area contributed by atoms with Crippen LogP contribution in [0.5, 0.6) is 0 Å². The van der Waals surface area contributed by atoms with Crippen LogP contribution < -0.4 is 10.2 Å². The summed E-state index contributed by atoms with van der Waals surface area (Å²) in [6.45, 7) is 8.57. The highest BCUT2D eigenvalue weighted by atomic mass is 16.2. The second-order valence-corrected chi connectivity index (χ2v) is 7.19. The number of amides is 2. The maximum absolute atomic E-state index is 12.7. The van der Waals surface area contributed by atoms with E-state index in [2.05, 4.69) is 24.4 Å². The molecule has 4 nitrogen and oxygen atoms in total. The molecule has 1 aliphatic rings. The SMILES string of the molecule is CCc1ccc(N2CC(C(=O)Nc3c(C)cc(C)cc3C)CC2=O)cc1. The predicted octanol–water partition coefficient (Wildman–Crippen LogP) is 4.17. The topological polar surface area (TPSA) is 49.4 Å². The summed E-state index contributed by atoms with van der Waals surface area (Å²) in [6.07, 6.45) is 1.22. The van der Waals surface area contributed by atoms with Gasteiger partial charge < -0.3 is 10.2 Å². The highest BCUT2D eigenvalue weighted by molar-refractivity contribution is 6.04. The molecule has 0 aliphatic carbocycles. The Hall–Kier alpha value is -2.62. The van der Waals surface area contributed by atoms with E-state index in [1.165, 1.54) is 11.1 Å². The summed E-state index contributed by atoms with van der Waals surface area (Å²) in [6, 6.07) is 12.1. The summed E-state index contributed by atoms with van der Waals surface area (Å²) in [5.41, 5.74) is 6.24. The molecule has 0 aromatic heterocycles. The van der Waals surface area contributed by atoms with Crippen LogP contribution in [0.25, 0.3) is 0 Å². The van der Waals surface area contributed by atoms with Gasteiger partial charge in [-0.3, -0.25) is 9.59 Å². The molecule has 2 aromatic rings. The van der Waals surface area contributed by atoms with Crippen molar-refractivity contribution in [1.29, 1.82) is 0 Å².